The molecule has 4 aromatic rings. The van der Waals surface area contributed by atoms with E-state index in [1.54, 1.807) is 7.11 Å². The Labute approximate surface area is 174 Å². The third kappa shape index (κ3) is 4.27. The number of aromatic nitrogens is 2. The van der Waals surface area contributed by atoms with E-state index >= 15 is 0 Å². The number of H-pyrrole nitrogens is 1. The summed E-state index contributed by atoms with van der Waals surface area (Å²) in [6.45, 7) is 2.23. The second kappa shape index (κ2) is 8.69. The Hall–Kier alpha value is -3.80. The summed E-state index contributed by atoms with van der Waals surface area (Å²) in [6, 6.07) is 21.1. The Morgan fingerprint density at radius 2 is 1.83 bits per heavy atom. The molecule has 1 aromatic heterocycles. The molecule has 0 aliphatic carbocycles. The van der Waals surface area contributed by atoms with Crippen molar-refractivity contribution in [3.63, 3.8) is 0 Å². The van der Waals surface area contributed by atoms with Crippen LogP contribution in [0.2, 0.25) is 0 Å². The number of nitrogens with one attached hydrogen (secondary N) is 2. The van der Waals surface area contributed by atoms with Crippen LogP contribution < -0.4 is 14.8 Å². The molecule has 3 aromatic carbocycles. The molecule has 1 heterocycles. The number of carbonyl (C=O) groups is 1. The molecule has 0 fully saturated rings. The number of carbonyl (C=O) groups excluding carboxylic acids is 1. The molecule has 30 heavy (non-hydrogen) atoms. The van der Waals surface area contributed by atoms with Crippen LogP contribution in [0.4, 0.5) is 5.69 Å². The van der Waals surface area contributed by atoms with Crippen LogP contribution in [-0.2, 0) is 4.79 Å². The van der Waals surface area contributed by atoms with Crippen molar-refractivity contribution in [1.29, 1.82) is 0 Å². The highest BCUT2D eigenvalue weighted by atomic mass is 16.5. The molecule has 6 nitrogen and oxygen atoms in total. The highest BCUT2D eigenvalue weighted by molar-refractivity contribution is 5.95. The molecule has 0 aliphatic heterocycles. The third-order valence-electron chi connectivity index (χ3n) is 4.75. The molecule has 0 saturated heterocycles. The summed E-state index contributed by atoms with van der Waals surface area (Å²) in [4.78, 5) is 20.5. The van der Waals surface area contributed by atoms with Gasteiger partial charge in [0.15, 0.2) is 11.5 Å². The summed E-state index contributed by atoms with van der Waals surface area (Å²) in [5.74, 6) is 1.86. The number of hydrogen-bond acceptors (Lipinski definition) is 4. The minimum Gasteiger partial charge on any atom is -0.493 e. The predicted octanol–water partition coefficient (Wildman–Crippen LogP) is 4.95. The van der Waals surface area contributed by atoms with E-state index in [4.69, 9.17) is 9.47 Å². The van der Waals surface area contributed by atoms with Crippen LogP contribution in [0.1, 0.15) is 12.0 Å². The highest BCUT2D eigenvalue weighted by Crippen LogP contribution is 2.29. The zero-order chi connectivity index (χ0) is 20.9. The van der Waals surface area contributed by atoms with E-state index in [2.05, 4.69) is 15.3 Å². The lowest BCUT2D eigenvalue weighted by Gasteiger charge is -2.12. The van der Waals surface area contributed by atoms with Crippen molar-refractivity contribution in [3.05, 3.63) is 72.3 Å². The van der Waals surface area contributed by atoms with E-state index in [-0.39, 0.29) is 18.9 Å². The van der Waals surface area contributed by atoms with E-state index < -0.39 is 0 Å². The van der Waals surface area contributed by atoms with Crippen LogP contribution in [0.3, 0.4) is 0 Å². The highest BCUT2D eigenvalue weighted by Gasteiger charge is 2.12. The van der Waals surface area contributed by atoms with Crippen molar-refractivity contribution < 1.29 is 14.3 Å². The SMILES string of the molecule is COc1cc(C)ccc1OCCC(=O)Nc1ccccc1-c1nc2ccccc2[nH]1. The fourth-order valence-electron chi connectivity index (χ4n) is 3.24. The van der Waals surface area contributed by atoms with Crippen molar-refractivity contribution >= 4 is 22.6 Å². The molecule has 0 saturated carbocycles. The smallest absolute Gasteiger partial charge is 0.227 e. The molecular weight excluding hydrogens is 378 g/mol. The zero-order valence-electron chi connectivity index (χ0n) is 16.9. The molecule has 0 bridgehead atoms. The number of imidazole rings is 1. The summed E-state index contributed by atoms with van der Waals surface area (Å²) >= 11 is 0. The first-order valence-electron chi connectivity index (χ1n) is 9.75. The Balaban J connectivity index is 1.43. The molecule has 2 N–H and O–H groups in total. The van der Waals surface area contributed by atoms with Crippen molar-refractivity contribution in [1.82, 2.24) is 9.97 Å². The van der Waals surface area contributed by atoms with Gasteiger partial charge in [0, 0.05) is 5.56 Å². The lowest BCUT2D eigenvalue weighted by molar-refractivity contribution is -0.116. The monoisotopic (exact) mass is 401 g/mol. The van der Waals surface area contributed by atoms with Crippen LogP contribution in [0, 0.1) is 6.92 Å². The molecule has 1 amide bonds. The predicted molar refractivity (Wildman–Crippen MR) is 118 cm³/mol. The fourth-order valence-corrected chi connectivity index (χ4v) is 3.24. The standard InChI is InChI=1S/C24H23N3O3/c1-16-11-12-21(22(15-16)29-2)30-14-13-23(28)25-18-8-4-3-7-17(18)24-26-19-9-5-6-10-20(19)27-24/h3-12,15H,13-14H2,1-2H3,(H,25,28)(H,26,27). The van der Waals surface area contributed by atoms with Gasteiger partial charge >= 0.3 is 0 Å². The zero-order valence-corrected chi connectivity index (χ0v) is 16.9. The summed E-state index contributed by atoms with van der Waals surface area (Å²) < 4.78 is 11.1. The Morgan fingerprint density at radius 3 is 2.67 bits per heavy atom. The molecule has 0 aliphatic rings. The minimum absolute atomic E-state index is 0.135. The number of ether oxygens (including phenoxy) is 2. The number of aromatic amines is 1. The van der Waals surface area contributed by atoms with E-state index in [1.807, 2.05) is 73.7 Å². The van der Waals surface area contributed by atoms with Gasteiger partial charge in [0.05, 0.1) is 36.9 Å². The Morgan fingerprint density at radius 1 is 1.03 bits per heavy atom. The fraction of sp³-hybridized carbons (Fsp3) is 0.167. The van der Waals surface area contributed by atoms with Crippen molar-refractivity contribution in [3.8, 4) is 22.9 Å². The second-order valence-electron chi connectivity index (χ2n) is 6.95. The van der Waals surface area contributed by atoms with E-state index in [1.165, 1.54) is 0 Å². The number of methoxy groups -OCH3 is 1. The van der Waals surface area contributed by atoms with Crippen LogP contribution in [0.15, 0.2) is 66.7 Å². The molecule has 152 valence electrons. The van der Waals surface area contributed by atoms with Gasteiger partial charge < -0.3 is 19.8 Å². The lowest BCUT2D eigenvalue weighted by atomic mass is 10.1. The second-order valence-corrected chi connectivity index (χ2v) is 6.95. The van der Waals surface area contributed by atoms with Gasteiger partial charge in [-0.1, -0.05) is 30.3 Å². The first-order valence-corrected chi connectivity index (χ1v) is 9.75. The van der Waals surface area contributed by atoms with Crippen molar-refractivity contribution in [2.24, 2.45) is 0 Å². The number of benzene rings is 3. The summed E-state index contributed by atoms with van der Waals surface area (Å²) in [5.41, 5.74) is 4.46. The number of rotatable bonds is 7. The number of para-hydroxylation sites is 3. The molecule has 6 heteroatoms. The Kier molecular flexibility index (Phi) is 5.66. The number of amides is 1. The molecule has 4 rings (SSSR count). The maximum absolute atomic E-state index is 12.5. The van der Waals surface area contributed by atoms with Crippen LogP contribution in [0.5, 0.6) is 11.5 Å². The number of aryl methyl sites for hydroxylation is 1. The summed E-state index contributed by atoms with van der Waals surface area (Å²) in [5, 5.41) is 2.97. The van der Waals surface area contributed by atoms with Gasteiger partial charge in [-0.05, 0) is 48.9 Å². The van der Waals surface area contributed by atoms with Gasteiger partial charge in [-0.2, -0.15) is 0 Å². The lowest BCUT2D eigenvalue weighted by Crippen LogP contribution is -2.16. The van der Waals surface area contributed by atoms with Gasteiger partial charge in [0.1, 0.15) is 5.82 Å². The van der Waals surface area contributed by atoms with E-state index in [9.17, 15) is 4.79 Å². The van der Waals surface area contributed by atoms with E-state index in [0.29, 0.717) is 23.0 Å². The molecule has 0 radical (unpaired) electrons. The van der Waals surface area contributed by atoms with Crippen LogP contribution in [0.25, 0.3) is 22.4 Å². The minimum atomic E-state index is -0.135. The third-order valence-corrected chi connectivity index (χ3v) is 4.75. The average Bonchev–Trinajstić information content (AvgIpc) is 3.19. The number of nitrogens with zero attached hydrogens (tertiary/aromatic N) is 1. The van der Waals surface area contributed by atoms with Gasteiger partial charge in [-0.3, -0.25) is 4.79 Å². The normalized spacial score (nSPS) is 10.7. The van der Waals surface area contributed by atoms with Gasteiger partial charge in [0.25, 0.3) is 0 Å². The maximum Gasteiger partial charge on any atom is 0.227 e. The van der Waals surface area contributed by atoms with Crippen LogP contribution >= 0.6 is 0 Å². The molecular formula is C24H23N3O3. The van der Waals surface area contributed by atoms with Crippen LogP contribution in [-0.4, -0.2) is 29.6 Å². The molecule has 0 spiro atoms. The van der Waals surface area contributed by atoms with Gasteiger partial charge in [0.2, 0.25) is 5.91 Å². The maximum atomic E-state index is 12.5. The molecule has 0 unspecified atom stereocenters. The first kappa shape index (κ1) is 19.5. The quantitative estimate of drug-likeness (QED) is 0.459. The van der Waals surface area contributed by atoms with Gasteiger partial charge in [-0.25, -0.2) is 4.98 Å². The number of fused-ring (bicyclic) bond motifs is 1. The Bertz CT molecular complexity index is 1150. The number of anilines is 1. The van der Waals surface area contributed by atoms with Crippen molar-refractivity contribution in [2.45, 2.75) is 13.3 Å². The topological polar surface area (TPSA) is 76.2 Å². The summed E-state index contributed by atoms with van der Waals surface area (Å²) in [6.07, 6.45) is 0.214. The number of hydrogen-bond donors (Lipinski definition) is 2. The largest absolute Gasteiger partial charge is 0.493 e. The van der Waals surface area contributed by atoms with Gasteiger partial charge in [-0.15, -0.1) is 0 Å². The average molecular weight is 401 g/mol. The first-order chi connectivity index (χ1) is 14.6. The van der Waals surface area contributed by atoms with E-state index in [0.717, 1.165) is 22.2 Å². The summed E-state index contributed by atoms with van der Waals surface area (Å²) in [7, 11) is 1.60. The van der Waals surface area contributed by atoms with Crippen molar-refractivity contribution in [2.75, 3.05) is 19.0 Å². The molecule has 0 atom stereocenters.